The summed E-state index contributed by atoms with van der Waals surface area (Å²) in [7, 11) is 0. The van der Waals surface area contributed by atoms with Crippen molar-refractivity contribution in [2.75, 3.05) is 0 Å². The van der Waals surface area contributed by atoms with Crippen LogP contribution in [0.4, 0.5) is 0 Å². The zero-order chi connectivity index (χ0) is 8.48. The molecule has 1 rings (SSSR count). The van der Waals surface area contributed by atoms with E-state index in [4.69, 9.17) is 0 Å². The van der Waals surface area contributed by atoms with Crippen LogP contribution >= 0.6 is 53.8 Å². The molecule has 0 aliphatic heterocycles. The largest absolute Gasteiger partial charge is 0.147 e. The van der Waals surface area contributed by atoms with Gasteiger partial charge in [0.1, 0.15) is 3.41 Å². The van der Waals surface area contributed by atoms with Crippen LogP contribution in [0.25, 0.3) is 0 Å². The van der Waals surface area contributed by atoms with Crippen LogP contribution < -0.4 is 0 Å². The van der Waals surface area contributed by atoms with Crippen molar-refractivity contribution in [2.45, 2.75) is 3.41 Å². The van der Waals surface area contributed by atoms with Gasteiger partial charge < -0.3 is 0 Å². The summed E-state index contributed by atoms with van der Waals surface area (Å²) in [4.78, 5) is 0. The second-order valence-electron chi connectivity index (χ2n) is 2.15. The molecule has 0 atom stereocenters. The molecule has 0 fully saturated rings. The standard InChI is InChI=1S/C7H7BrS3/c8-6-3-1-2-5(4-6)7(9,10)11/h1-4,9-11H. The van der Waals surface area contributed by atoms with Gasteiger partial charge in [0.05, 0.1) is 0 Å². The lowest BCUT2D eigenvalue weighted by Crippen LogP contribution is -1.99. The van der Waals surface area contributed by atoms with E-state index < -0.39 is 3.41 Å². The van der Waals surface area contributed by atoms with E-state index in [2.05, 4.69) is 53.8 Å². The number of thiol groups is 3. The van der Waals surface area contributed by atoms with Crippen LogP contribution in [0.1, 0.15) is 5.56 Å². The van der Waals surface area contributed by atoms with Gasteiger partial charge in [0.25, 0.3) is 0 Å². The molecule has 0 radical (unpaired) electrons. The Labute approximate surface area is 91.1 Å². The van der Waals surface area contributed by atoms with Gasteiger partial charge in [-0.1, -0.05) is 28.1 Å². The van der Waals surface area contributed by atoms with Gasteiger partial charge in [-0.15, -0.1) is 37.9 Å². The van der Waals surface area contributed by atoms with Crippen LogP contribution in [-0.2, 0) is 3.41 Å². The van der Waals surface area contributed by atoms with Gasteiger partial charge in [0, 0.05) is 4.47 Å². The first-order valence-electron chi connectivity index (χ1n) is 2.93. The van der Waals surface area contributed by atoms with Gasteiger partial charge in [-0.2, -0.15) is 0 Å². The molecule has 0 spiro atoms. The van der Waals surface area contributed by atoms with Crippen molar-refractivity contribution in [1.29, 1.82) is 0 Å². The van der Waals surface area contributed by atoms with Crippen LogP contribution in [0.2, 0.25) is 0 Å². The molecule has 0 amide bonds. The fourth-order valence-corrected chi connectivity index (χ4v) is 1.51. The minimum Gasteiger partial charge on any atom is -0.147 e. The molecule has 0 unspecified atom stereocenters. The SMILES string of the molecule is SC(S)(S)c1cccc(Br)c1. The number of benzene rings is 1. The summed E-state index contributed by atoms with van der Waals surface area (Å²) in [6.07, 6.45) is 0. The summed E-state index contributed by atoms with van der Waals surface area (Å²) in [5.41, 5.74) is 0.960. The minimum absolute atomic E-state index is 0.663. The van der Waals surface area contributed by atoms with Crippen molar-refractivity contribution in [3.8, 4) is 0 Å². The second-order valence-corrected chi connectivity index (χ2v) is 6.13. The third-order valence-electron chi connectivity index (χ3n) is 1.21. The Morgan fingerprint density at radius 2 is 1.82 bits per heavy atom. The molecule has 0 heterocycles. The topological polar surface area (TPSA) is 0 Å². The molecule has 0 aliphatic rings. The molecular weight excluding hydrogens is 260 g/mol. The lowest BCUT2D eigenvalue weighted by Gasteiger charge is -2.15. The average molecular weight is 267 g/mol. The molecule has 4 heteroatoms. The third-order valence-corrected chi connectivity index (χ3v) is 2.48. The van der Waals surface area contributed by atoms with E-state index in [1.807, 2.05) is 24.3 Å². The Balaban J connectivity index is 3.06. The molecular formula is C7H7BrS3. The third kappa shape index (κ3) is 2.93. The summed E-state index contributed by atoms with van der Waals surface area (Å²) in [5, 5.41) is 0. The maximum atomic E-state index is 4.20. The fraction of sp³-hybridized carbons (Fsp3) is 0.143. The maximum Gasteiger partial charge on any atom is 0.124 e. The summed E-state index contributed by atoms with van der Waals surface area (Å²) in [5.74, 6) is 0. The zero-order valence-corrected chi connectivity index (χ0v) is 9.80. The smallest absolute Gasteiger partial charge is 0.124 e. The Morgan fingerprint density at radius 1 is 1.18 bits per heavy atom. The zero-order valence-electron chi connectivity index (χ0n) is 5.53. The van der Waals surface area contributed by atoms with Crippen LogP contribution in [-0.4, -0.2) is 0 Å². The Bertz CT molecular complexity index is 254. The van der Waals surface area contributed by atoms with E-state index in [1.165, 1.54) is 0 Å². The highest BCUT2D eigenvalue weighted by molar-refractivity contribution is 9.10. The normalized spacial score (nSPS) is 11.6. The van der Waals surface area contributed by atoms with Gasteiger partial charge in [0.2, 0.25) is 0 Å². The Kier molecular flexibility index (Phi) is 3.26. The lowest BCUT2D eigenvalue weighted by molar-refractivity contribution is 1.32. The van der Waals surface area contributed by atoms with Crippen molar-refractivity contribution in [2.24, 2.45) is 0 Å². The first-order chi connectivity index (χ1) is 5.00. The van der Waals surface area contributed by atoms with Crippen LogP contribution in [0.5, 0.6) is 0 Å². The number of rotatable bonds is 1. The molecule has 0 nitrogen and oxygen atoms in total. The summed E-state index contributed by atoms with van der Waals surface area (Å²) >= 11 is 15.9. The summed E-state index contributed by atoms with van der Waals surface area (Å²) < 4.78 is 0.348. The van der Waals surface area contributed by atoms with Gasteiger partial charge in [-0.3, -0.25) is 0 Å². The van der Waals surface area contributed by atoms with Crippen LogP contribution in [0.15, 0.2) is 28.7 Å². The Hall–Kier alpha value is 0.750. The number of halogens is 1. The van der Waals surface area contributed by atoms with Crippen molar-refractivity contribution >= 4 is 53.8 Å². The Morgan fingerprint density at radius 3 is 2.18 bits per heavy atom. The van der Waals surface area contributed by atoms with Crippen molar-refractivity contribution < 1.29 is 0 Å². The molecule has 0 saturated heterocycles. The highest BCUT2D eigenvalue weighted by Gasteiger charge is 2.16. The van der Waals surface area contributed by atoms with E-state index >= 15 is 0 Å². The van der Waals surface area contributed by atoms with Gasteiger partial charge in [-0.05, 0) is 17.7 Å². The lowest BCUT2D eigenvalue weighted by atomic mass is 10.2. The van der Waals surface area contributed by atoms with E-state index in [1.54, 1.807) is 0 Å². The predicted octanol–water partition coefficient (Wildman–Crippen LogP) is 3.35. The predicted molar refractivity (Wildman–Crippen MR) is 62.8 cm³/mol. The highest BCUT2D eigenvalue weighted by atomic mass is 79.9. The first kappa shape index (κ1) is 9.84. The molecule has 0 aliphatic carbocycles. The molecule has 0 saturated carbocycles. The van der Waals surface area contributed by atoms with Crippen LogP contribution in [0.3, 0.4) is 0 Å². The van der Waals surface area contributed by atoms with E-state index in [0.29, 0.717) is 0 Å². The van der Waals surface area contributed by atoms with Crippen molar-refractivity contribution in [1.82, 2.24) is 0 Å². The monoisotopic (exact) mass is 266 g/mol. The van der Waals surface area contributed by atoms with Crippen molar-refractivity contribution in [3.05, 3.63) is 34.3 Å². The van der Waals surface area contributed by atoms with Gasteiger partial charge in [0.15, 0.2) is 0 Å². The minimum atomic E-state index is -0.663. The molecule has 1 aromatic carbocycles. The number of hydrogen-bond acceptors (Lipinski definition) is 3. The fourth-order valence-electron chi connectivity index (χ4n) is 0.697. The second kappa shape index (κ2) is 3.64. The van der Waals surface area contributed by atoms with Crippen LogP contribution in [0, 0.1) is 0 Å². The van der Waals surface area contributed by atoms with E-state index in [-0.39, 0.29) is 0 Å². The molecule has 11 heavy (non-hydrogen) atoms. The number of hydrogen-bond donors (Lipinski definition) is 3. The summed E-state index contributed by atoms with van der Waals surface area (Å²) in [6, 6.07) is 7.74. The van der Waals surface area contributed by atoms with E-state index in [0.717, 1.165) is 10.0 Å². The molecule has 0 aromatic heterocycles. The van der Waals surface area contributed by atoms with E-state index in [9.17, 15) is 0 Å². The summed E-state index contributed by atoms with van der Waals surface area (Å²) in [6.45, 7) is 0. The quantitative estimate of drug-likeness (QED) is 0.504. The first-order valence-corrected chi connectivity index (χ1v) is 5.07. The maximum absolute atomic E-state index is 4.20. The van der Waals surface area contributed by atoms with Gasteiger partial charge in [-0.25, -0.2) is 0 Å². The van der Waals surface area contributed by atoms with Gasteiger partial charge >= 0.3 is 0 Å². The molecule has 0 bridgehead atoms. The molecule has 1 aromatic rings. The highest BCUT2D eigenvalue weighted by Crippen LogP contribution is 2.37. The molecule has 60 valence electrons. The van der Waals surface area contributed by atoms with Crippen molar-refractivity contribution in [3.63, 3.8) is 0 Å². The average Bonchev–Trinajstić information content (AvgIpc) is 1.86. The molecule has 0 N–H and O–H groups in total.